The zero-order chi connectivity index (χ0) is 27.3. The molecule has 1 unspecified atom stereocenters. The van der Waals surface area contributed by atoms with Gasteiger partial charge in [0.15, 0.2) is 46.0 Å². The fourth-order valence-electron chi connectivity index (χ4n) is 4.41. The normalized spacial score (nSPS) is 15.4. The molecule has 0 spiro atoms. The number of hydrogen-bond acceptors (Lipinski definition) is 7. The third-order valence-electron chi connectivity index (χ3n) is 6.14. The van der Waals surface area contributed by atoms with Gasteiger partial charge in [0.1, 0.15) is 0 Å². The number of aromatic hydroxyl groups is 1. The highest BCUT2D eigenvalue weighted by molar-refractivity contribution is 6.31. The summed E-state index contributed by atoms with van der Waals surface area (Å²) in [7, 11) is 2.73. The first-order valence-electron chi connectivity index (χ1n) is 11.0. The topological polar surface area (TPSA) is 109 Å². The Labute approximate surface area is 218 Å². The number of furan rings is 1. The number of amides is 1. The van der Waals surface area contributed by atoms with Crippen molar-refractivity contribution in [1.82, 2.24) is 0 Å². The van der Waals surface area contributed by atoms with Crippen molar-refractivity contribution in [2.45, 2.75) is 6.04 Å². The van der Waals surface area contributed by atoms with E-state index in [9.17, 15) is 28.6 Å². The number of halogens is 3. The summed E-state index contributed by atoms with van der Waals surface area (Å²) in [4.78, 5) is 27.9. The molecule has 0 radical (unpaired) electrons. The lowest BCUT2D eigenvalue weighted by molar-refractivity contribution is -0.117. The molecule has 1 amide bonds. The van der Waals surface area contributed by atoms with Crippen LogP contribution in [0, 0.1) is 11.6 Å². The predicted octanol–water partition coefficient (Wildman–Crippen LogP) is 5.87. The van der Waals surface area contributed by atoms with Crippen LogP contribution in [0.4, 0.5) is 14.5 Å². The Kier molecular flexibility index (Phi) is 6.20. The van der Waals surface area contributed by atoms with Crippen molar-refractivity contribution in [2.75, 3.05) is 19.1 Å². The minimum atomic E-state index is -1.35. The molecule has 0 saturated heterocycles. The van der Waals surface area contributed by atoms with Gasteiger partial charge < -0.3 is 24.1 Å². The van der Waals surface area contributed by atoms with Gasteiger partial charge >= 0.3 is 0 Å². The molecule has 1 aliphatic rings. The molecular weight excluding hydrogens is 524 g/mol. The maximum absolute atomic E-state index is 14.1. The van der Waals surface area contributed by atoms with Gasteiger partial charge in [-0.2, -0.15) is 0 Å². The first kappa shape index (κ1) is 25.1. The molecule has 0 bridgehead atoms. The number of benzene rings is 3. The van der Waals surface area contributed by atoms with Crippen LogP contribution < -0.4 is 14.4 Å². The van der Waals surface area contributed by atoms with Crippen LogP contribution in [0.1, 0.15) is 22.2 Å². The number of Topliss-reactive ketones (excluding diaryl/α,β-unsaturated/α-hetero) is 1. The minimum Gasteiger partial charge on any atom is -0.504 e. The molecule has 0 saturated carbocycles. The summed E-state index contributed by atoms with van der Waals surface area (Å²) in [5.74, 6) is -5.42. The highest BCUT2D eigenvalue weighted by Gasteiger charge is 2.46. The number of hydrogen-bond donors (Lipinski definition) is 2. The molecule has 0 fully saturated rings. The average molecular weight is 542 g/mol. The molecular formula is C27H18ClF2NO7. The predicted molar refractivity (Wildman–Crippen MR) is 133 cm³/mol. The maximum Gasteiger partial charge on any atom is 0.294 e. The van der Waals surface area contributed by atoms with E-state index in [2.05, 4.69) is 0 Å². The molecule has 1 atom stereocenters. The summed E-state index contributed by atoms with van der Waals surface area (Å²) in [6.45, 7) is 0. The summed E-state index contributed by atoms with van der Waals surface area (Å²) in [5.41, 5.74) is -0.165. The summed E-state index contributed by atoms with van der Waals surface area (Å²) >= 11 is 6.12. The van der Waals surface area contributed by atoms with Crippen molar-refractivity contribution >= 4 is 39.9 Å². The van der Waals surface area contributed by atoms with Gasteiger partial charge in [0.25, 0.3) is 5.91 Å². The quantitative estimate of drug-likeness (QED) is 0.294. The summed E-state index contributed by atoms with van der Waals surface area (Å²) in [6.07, 6.45) is 0. The SMILES string of the molecule is COc1ccc(C2C(C(=O)c3cc4cc(Cl)cc(OC)c4o3)=C(O)C(=O)N2c2ccc(F)c(F)c2)cc1O. The lowest BCUT2D eigenvalue weighted by Gasteiger charge is -2.27. The van der Waals surface area contributed by atoms with E-state index in [0.29, 0.717) is 10.4 Å². The molecule has 2 N–H and O–H groups in total. The number of methoxy groups -OCH3 is 2. The number of phenols is 1. The van der Waals surface area contributed by atoms with E-state index in [1.54, 1.807) is 6.07 Å². The van der Waals surface area contributed by atoms with E-state index in [1.165, 1.54) is 44.6 Å². The largest absolute Gasteiger partial charge is 0.504 e. The van der Waals surface area contributed by atoms with Gasteiger partial charge in [0, 0.05) is 28.2 Å². The second-order valence-corrected chi connectivity index (χ2v) is 8.77. The Morgan fingerprint density at radius 2 is 1.71 bits per heavy atom. The van der Waals surface area contributed by atoms with Crippen molar-refractivity contribution in [3.05, 3.63) is 93.9 Å². The Balaban J connectivity index is 1.69. The van der Waals surface area contributed by atoms with Gasteiger partial charge in [-0.3, -0.25) is 14.5 Å². The smallest absolute Gasteiger partial charge is 0.294 e. The molecule has 5 rings (SSSR count). The number of ether oxygens (including phenoxy) is 2. The van der Waals surface area contributed by atoms with Gasteiger partial charge in [0.05, 0.1) is 25.8 Å². The van der Waals surface area contributed by atoms with Gasteiger partial charge in [-0.25, -0.2) is 8.78 Å². The van der Waals surface area contributed by atoms with Crippen LogP contribution in [-0.2, 0) is 4.79 Å². The monoisotopic (exact) mass is 541 g/mol. The number of aliphatic hydroxyl groups is 1. The number of carbonyl (C=O) groups is 2. The minimum absolute atomic E-state index is 0.111. The number of rotatable bonds is 6. The zero-order valence-corrected chi connectivity index (χ0v) is 20.5. The first-order chi connectivity index (χ1) is 18.1. The summed E-state index contributed by atoms with van der Waals surface area (Å²) in [6, 6.07) is 9.84. The standard InChI is InChI=1S/C27H18ClF2NO7/c1-36-19-6-3-12(8-18(19)32)23-22(25(34)27(35)31(23)15-4-5-16(29)17(30)11-15)24(33)20-9-13-7-14(28)10-21(37-2)26(13)38-20/h3-11,23,32,34H,1-2H3. The van der Waals surface area contributed by atoms with Crippen LogP contribution >= 0.6 is 11.6 Å². The van der Waals surface area contributed by atoms with Gasteiger partial charge in [-0.1, -0.05) is 17.7 Å². The number of nitrogens with zero attached hydrogens (tertiary/aromatic N) is 1. The van der Waals surface area contributed by atoms with Gasteiger partial charge in [0.2, 0.25) is 5.78 Å². The molecule has 4 aromatic rings. The van der Waals surface area contributed by atoms with Crippen LogP contribution in [0.2, 0.25) is 5.02 Å². The number of anilines is 1. The lowest BCUT2D eigenvalue weighted by Crippen LogP contribution is -2.31. The number of aliphatic hydroxyl groups excluding tert-OH is 1. The van der Waals surface area contributed by atoms with Crippen molar-refractivity contribution in [3.8, 4) is 17.2 Å². The lowest BCUT2D eigenvalue weighted by atomic mass is 9.94. The van der Waals surface area contributed by atoms with E-state index in [1.807, 2.05) is 0 Å². The summed E-state index contributed by atoms with van der Waals surface area (Å²) < 4.78 is 43.9. The van der Waals surface area contributed by atoms with Crippen molar-refractivity contribution < 1.29 is 42.5 Å². The Morgan fingerprint density at radius 1 is 0.974 bits per heavy atom. The molecule has 194 valence electrons. The van der Waals surface area contributed by atoms with E-state index < -0.39 is 40.7 Å². The van der Waals surface area contributed by atoms with Crippen molar-refractivity contribution in [3.63, 3.8) is 0 Å². The van der Waals surface area contributed by atoms with E-state index in [0.717, 1.165) is 23.1 Å². The molecule has 38 heavy (non-hydrogen) atoms. The number of fused-ring (bicyclic) bond motifs is 1. The third kappa shape index (κ3) is 3.99. The third-order valence-corrected chi connectivity index (χ3v) is 6.36. The highest BCUT2D eigenvalue weighted by atomic mass is 35.5. The van der Waals surface area contributed by atoms with E-state index in [-0.39, 0.29) is 39.8 Å². The molecule has 3 aromatic carbocycles. The van der Waals surface area contributed by atoms with Crippen LogP contribution in [0.5, 0.6) is 17.2 Å². The fourth-order valence-corrected chi connectivity index (χ4v) is 4.63. The van der Waals surface area contributed by atoms with Crippen LogP contribution in [0.15, 0.2) is 70.3 Å². The zero-order valence-electron chi connectivity index (χ0n) is 19.8. The number of ketones is 1. The maximum atomic E-state index is 14.1. The van der Waals surface area contributed by atoms with Crippen molar-refractivity contribution in [1.29, 1.82) is 0 Å². The van der Waals surface area contributed by atoms with Crippen molar-refractivity contribution in [2.24, 2.45) is 0 Å². The average Bonchev–Trinajstić information content (AvgIpc) is 3.43. The second kappa shape index (κ2) is 9.38. The molecule has 11 heteroatoms. The molecule has 8 nitrogen and oxygen atoms in total. The van der Waals surface area contributed by atoms with Gasteiger partial charge in [-0.15, -0.1) is 0 Å². The van der Waals surface area contributed by atoms with Crippen LogP contribution in [0.3, 0.4) is 0 Å². The molecule has 0 aliphatic carbocycles. The summed E-state index contributed by atoms with van der Waals surface area (Å²) in [5, 5.41) is 22.0. The van der Waals surface area contributed by atoms with E-state index >= 15 is 0 Å². The van der Waals surface area contributed by atoms with Crippen LogP contribution in [-0.4, -0.2) is 36.1 Å². The Bertz CT molecular complexity index is 1660. The molecule has 2 heterocycles. The fraction of sp³-hybridized carbons (Fsp3) is 0.111. The molecule has 1 aromatic heterocycles. The van der Waals surface area contributed by atoms with E-state index in [4.69, 9.17) is 25.5 Å². The highest BCUT2D eigenvalue weighted by Crippen LogP contribution is 2.44. The second-order valence-electron chi connectivity index (χ2n) is 8.34. The number of phenolic OH excluding ortho intramolecular Hbond substituents is 1. The number of carbonyl (C=O) groups excluding carboxylic acids is 2. The van der Waals surface area contributed by atoms with Gasteiger partial charge in [-0.05, 0) is 42.0 Å². The van der Waals surface area contributed by atoms with Crippen LogP contribution in [0.25, 0.3) is 11.0 Å². The first-order valence-corrected chi connectivity index (χ1v) is 11.4. The Hall–Kier alpha value is -4.57. The Morgan fingerprint density at radius 3 is 2.37 bits per heavy atom. The molecule has 1 aliphatic heterocycles.